The largest absolute Gasteiger partial charge is 0.467 e. The summed E-state index contributed by atoms with van der Waals surface area (Å²) < 4.78 is 24.4. The van der Waals surface area contributed by atoms with E-state index in [0.29, 0.717) is 12.2 Å². The van der Waals surface area contributed by atoms with Crippen molar-refractivity contribution in [2.75, 3.05) is 27.5 Å². The van der Waals surface area contributed by atoms with Gasteiger partial charge < -0.3 is 14.4 Å². The highest BCUT2D eigenvalue weighted by Gasteiger charge is 2.22. The van der Waals surface area contributed by atoms with Gasteiger partial charge in [0.25, 0.3) is 0 Å². The lowest BCUT2D eigenvalue weighted by Gasteiger charge is -2.27. The van der Waals surface area contributed by atoms with Crippen molar-refractivity contribution in [2.45, 2.75) is 12.3 Å². The Labute approximate surface area is 144 Å². The van der Waals surface area contributed by atoms with Crippen LogP contribution in [0.5, 0.6) is 5.75 Å². The Balaban J connectivity index is 2.41. The van der Waals surface area contributed by atoms with Crippen LogP contribution < -0.4 is 4.74 Å². The summed E-state index contributed by atoms with van der Waals surface area (Å²) in [6, 6.07) is 4.55. The van der Waals surface area contributed by atoms with E-state index in [0.717, 1.165) is 17.7 Å². The number of ether oxygens (including phenoxy) is 2. The zero-order valence-corrected chi connectivity index (χ0v) is 14.8. The lowest BCUT2D eigenvalue weighted by molar-refractivity contribution is 0.0502. The highest BCUT2D eigenvalue weighted by Crippen LogP contribution is 2.36. The zero-order chi connectivity index (χ0) is 16.7. The highest BCUT2D eigenvalue weighted by atomic mass is 79.9. The molecule has 0 amide bonds. The second kappa shape index (κ2) is 8.76. The normalized spacial score (nSPS) is 14.8. The molecule has 1 aliphatic heterocycles. The van der Waals surface area contributed by atoms with Crippen molar-refractivity contribution in [1.82, 2.24) is 4.90 Å². The highest BCUT2D eigenvalue weighted by molar-refractivity contribution is 9.12. The minimum absolute atomic E-state index is 0.0463. The Morgan fingerprint density at radius 2 is 2.26 bits per heavy atom. The van der Waals surface area contributed by atoms with Gasteiger partial charge in [-0.15, -0.1) is 0 Å². The van der Waals surface area contributed by atoms with Crippen molar-refractivity contribution < 1.29 is 13.9 Å². The lowest BCUT2D eigenvalue weighted by Crippen LogP contribution is -2.21. The third kappa shape index (κ3) is 4.85. The van der Waals surface area contributed by atoms with Crippen molar-refractivity contribution in [2.24, 2.45) is 0 Å². The fourth-order valence-electron chi connectivity index (χ4n) is 2.56. The number of allylic oxidation sites excluding steroid dienone is 2. The molecule has 0 radical (unpaired) electrons. The molecule has 1 heterocycles. The van der Waals surface area contributed by atoms with Gasteiger partial charge in [0, 0.05) is 54.5 Å². The molecule has 122 valence electrons. The minimum Gasteiger partial charge on any atom is -0.467 e. The summed E-state index contributed by atoms with van der Waals surface area (Å²) in [5, 5.41) is 0. The molecule has 0 fully saturated rings. The van der Waals surface area contributed by atoms with Gasteiger partial charge in [0.1, 0.15) is 11.6 Å². The Kier molecular flexibility index (Phi) is 6.69. The summed E-state index contributed by atoms with van der Waals surface area (Å²) in [5.41, 5.74) is 1.95. The Morgan fingerprint density at radius 1 is 1.43 bits per heavy atom. The Bertz CT molecular complexity index is 661. The van der Waals surface area contributed by atoms with Gasteiger partial charge in [0.05, 0.1) is 0 Å². The number of likely N-dealkylation sites (N-methyl/N-ethyl adjacent to an activating group) is 1. The van der Waals surface area contributed by atoms with Crippen LogP contribution in [-0.2, 0) is 4.74 Å². The quantitative estimate of drug-likeness (QED) is 0.550. The predicted octanol–water partition coefficient (Wildman–Crippen LogP) is 4.02. The van der Waals surface area contributed by atoms with E-state index >= 15 is 0 Å². The molecular formula is C18H19BrFNO2. The minimum atomic E-state index is -0.290. The number of nitrogens with zero attached hydrogens (tertiary/aromatic N) is 1. The first-order chi connectivity index (χ1) is 11.2. The molecule has 3 nitrogen and oxygen atoms in total. The molecule has 0 aliphatic carbocycles. The third-order valence-electron chi connectivity index (χ3n) is 3.58. The van der Waals surface area contributed by atoms with E-state index in [4.69, 9.17) is 9.47 Å². The van der Waals surface area contributed by atoms with Crippen LogP contribution in [-0.4, -0.2) is 32.4 Å². The molecule has 23 heavy (non-hydrogen) atoms. The number of rotatable bonds is 6. The van der Waals surface area contributed by atoms with Crippen LogP contribution in [0.4, 0.5) is 4.39 Å². The average Bonchev–Trinajstić information content (AvgIpc) is 2.54. The van der Waals surface area contributed by atoms with Crippen LogP contribution in [0.25, 0.3) is 0 Å². The second-order valence-electron chi connectivity index (χ2n) is 5.26. The molecule has 1 unspecified atom stereocenters. The summed E-state index contributed by atoms with van der Waals surface area (Å²) in [6.07, 6.45) is 6.63. The summed E-state index contributed by atoms with van der Waals surface area (Å²) in [7, 11) is 3.56. The van der Waals surface area contributed by atoms with Crippen LogP contribution in [0.2, 0.25) is 0 Å². The average molecular weight is 380 g/mol. The van der Waals surface area contributed by atoms with Crippen molar-refractivity contribution in [3.05, 3.63) is 53.5 Å². The van der Waals surface area contributed by atoms with E-state index in [-0.39, 0.29) is 18.5 Å². The molecule has 2 rings (SSSR count). The van der Waals surface area contributed by atoms with Crippen molar-refractivity contribution in [1.29, 1.82) is 0 Å². The molecule has 0 aromatic heterocycles. The Hall–Kier alpha value is -1.77. The molecule has 0 N–H and O–H groups in total. The van der Waals surface area contributed by atoms with Gasteiger partial charge in [-0.2, -0.15) is 0 Å². The molecular weight excluding hydrogens is 361 g/mol. The fourth-order valence-corrected chi connectivity index (χ4v) is 2.72. The molecule has 1 atom stereocenters. The van der Waals surface area contributed by atoms with Gasteiger partial charge in [-0.1, -0.05) is 12.0 Å². The number of methoxy groups -OCH3 is 1. The summed E-state index contributed by atoms with van der Waals surface area (Å²) in [5.74, 6) is 3.32. The van der Waals surface area contributed by atoms with Crippen molar-refractivity contribution in [3.63, 3.8) is 0 Å². The van der Waals surface area contributed by atoms with E-state index in [1.165, 1.54) is 12.1 Å². The number of hydrogen-bond donors (Lipinski definition) is 0. The van der Waals surface area contributed by atoms with Crippen LogP contribution in [0.15, 0.2) is 42.1 Å². The van der Waals surface area contributed by atoms with Gasteiger partial charge >= 0.3 is 0 Å². The predicted molar refractivity (Wildman–Crippen MR) is 92.8 cm³/mol. The van der Waals surface area contributed by atoms with E-state index in [9.17, 15) is 4.39 Å². The standard InChI is InChI=1S/C18H19BrFNO2/c1-21-10-4-5-14(12-21)16(6-3-9-19)17-11-15(20)7-8-18(17)23-13-22-2/h4-5,7-8,10-11,16H,6,12-13H2,1-2H3. The van der Waals surface area contributed by atoms with E-state index in [1.54, 1.807) is 13.2 Å². The molecule has 0 bridgehead atoms. The first kappa shape index (κ1) is 17.6. The molecule has 1 aliphatic rings. The maximum atomic E-state index is 13.8. The van der Waals surface area contributed by atoms with Gasteiger partial charge in [-0.3, -0.25) is 0 Å². The number of halogens is 2. The smallest absolute Gasteiger partial charge is 0.188 e. The van der Waals surface area contributed by atoms with E-state index in [2.05, 4.69) is 37.7 Å². The van der Waals surface area contributed by atoms with Crippen molar-refractivity contribution >= 4 is 15.9 Å². The van der Waals surface area contributed by atoms with Gasteiger partial charge in [0.15, 0.2) is 6.79 Å². The summed E-state index contributed by atoms with van der Waals surface area (Å²) in [4.78, 5) is 4.82. The molecule has 1 aromatic carbocycles. The zero-order valence-electron chi connectivity index (χ0n) is 13.2. The van der Waals surface area contributed by atoms with Crippen LogP contribution >= 0.6 is 15.9 Å². The van der Waals surface area contributed by atoms with Gasteiger partial charge in [-0.25, -0.2) is 4.39 Å². The molecule has 1 aromatic rings. The lowest BCUT2D eigenvalue weighted by atomic mass is 9.86. The topological polar surface area (TPSA) is 21.7 Å². The molecule has 0 saturated carbocycles. The van der Waals surface area contributed by atoms with E-state index < -0.39 is 0 Å². The van der Waals surface area contributed by atoms with Gasteiger partial charge in [0.2, 0.25) is 0 Å². The maximum Gasteiger partial charge on any atom is 0.188 e. The van der Waals surface area contributed by atoms with Gasteiger partial charge in [-0.05, 0) is 40.9 Å². The number of benzene rings is 1. The van der Waals surface area contributed by atoms with Crippen LogP contribution in [0, 0.1) is 16.6 Å². The van der Waals surface area contributed by atoms with Crippen LogP contribution in [0.1, 0.15) is 17.9 Å². The van der Waals surface area contributed by atoms with E-state index in [1.807, 2.05) is 19.3 Å². The molecule has 5 heteroatoms. The van der Waals surface area contributed by atoms with Crippen LogP contribution in [0.3, 0.4) is 0 Å². The third-order valence-corrected chi connectivity index (χ3v) is 3.86. The fraction of sp³-hybridized carbons (Fsp3) is 0.333. The first-order valence-corrected chi connectivity index (χ1v) is 8.02. The SMILES string of the molecule is COCOc1ccc(F)cc1C(CC#CBr)C1=CC=CN(C)C1. The molecule has 0 spiro atoms. The molecule has 0 saturated heterocycles. The summed E-state index contributed by atoms with van der Waals surface area (Å²) >= 11 is 3.13. The summed E-state index contributed by atoms with van der Waals surface area (Å²) in [6.45, 7) is 0.889. The van der Waals surface area contributed by atoms with Crippen molar-refractivity contribution in [3.8, 4) is 16.5 Å². The second-order valence-corrected chi connectivity index (χ2v) is 5.66. The number of hydrogen-bond acceptors (Lipinski definition) is 3. The first-order valence-electron chi connectivity index (χ1n) is 7.23. The maximum absolute atomic E-state index is 13.8. The monoisotopic (exact) mass is 379 g/mol. The Morgan fingerprint density at radius 3 is 2.96 bits per heavy atom.